The summed E-state index contributed by atoms with van der Waals surface area (Å²) in [6.45, 7) is 5.25. The highest BCUT2D eigenvalue weighted by Gasteiger charge is 2.35. The quantitative estimate of drug-likeness (QED) is 0.507. The van der Waals surface area contributed by atoms with Gasteiger partial charge in [0.1, 0.15) is 0 Å². The third kappa shape index (κ3) is 3.72. The van der Waals surface area contributed by atoms with Crippen LogP contribution < -0.4 is 9.62 Å². The predicted molar refractivity (Wildman–Crippen MR) is 105 cm³/mol. The second kappa shape index (κ2) is 7.58. The van der Waals surface area contributed by atoms with Crippen molar-refractivity contribution in [3.8, 4) is 11.5 Å². The first-order valence-electron chi connectivity index (χ1n) is 8.91. The Morgan fingerprint density at radius 2 is 1.84 bits per heavy atom. The van der Waals surface area contributed by atoms with Gasteiger partial charge in [0.25, 0.3) is 0 Å². The molecule has 0 saturated carbocycles. The molecule has 3 N–H and O–H groups in total. The average molecular weight is 359 g/mol. The van der Waals surface area contributed by atoms with Crippen LogP contribution in [0, 0.1) is 0 Å². The maximum atomic E-state index is 10.1. The van der Waals surface area contributed by atoms with Gasteiger partial charge in [-0.15, -0.1) is 0 Å². The number of para-hydroxylation sites is 1. The third-order valence-electron chi connectivity index (χ3n) is 4.94. The van der Waals surface area contributed by atoms with Crippen LogP contribution in [0.2, 0.25) is 0 Å². The van der Waals surface area contributed by atoms with Gasteiger partial charge < -0.3 is 15.1 Å². The molecule has 0 amide bonds. The van der Waals surface area contributed by atoms with Gasteiger partial charge in [0, 0.05) is 29.9 Å². The summed E-state index contributed by atoms with van der Waals surface area (Å²) in [5.41, 5.74) is 1.99. The molecule has 0 saturated heterocycles. The largest absolute Gasteiger partial charge is 0.504 e. The van der Waals surface area contributed by atoms with Gasteiger partial charge in [-0.1, -0.05) is 44.9 Å². The number of fused-ring (bicyclic) bond motifs is 1. The zero-order chi connectivity index (χ0) is 17.9. The first-order valence-corrected chi connectivity index (χ1v) is 9.73. The number of phenols is 2. The molecule has 0 spiro atoms. The minimum absolute atomic E-state index is 0.0270. The Morgan fingerprint density at radius 3 is 2.52 bits per heavy atom. The monoisotopic (exact) mass is 358 g/mol. The van der Waals surface area contributed by atoms with Gasteiger partial charge in [0.15, 0.2) is 11.5 Å². The Hall–Kier alpha value is -1.85. The number of rotatable bonds is 5. The number of hydrogen-bond donors (Lipinski definition) is 3. The highest BCUT2D eigenvalue weighted by Crippen LogP contribution is 2.45. The number of nitrogens with zero attached hydrogens (tertiary/aromatic N) is 1. The molecule has 0 bridgehead atoms. The van der Waals surface area contributed by atoms with Crippen molar-refractivity contribution >= 4 is 23.3 Å². The van der Waals surface area contributed by atoms with Gasteiger partial charge in [-0.3, -0.25) is 4.72 Å². The molecule has 0 aromatic heterocycles. The highest BCUT2D eigenvalue weighted by molar-refractivity contribution is 7.97. The van der Waals surface area contributed by atoms with Gasteiger partial charge in [-0.2, -0.15) is 0 Å². The maximum absolute atomic E-state index is 10.1. The standard InChI is InChI=1S/C20H26N2O2S/c1-3-5-11-20(4-2)14-22(15-9-7-6-8-10-15)16-12-17(23)18(24)13-19(16)25-21-20/h6-10,12-13,21,23-24H,3-5,11,14H2,1-2H3/t20-/m0/s1. The summed E-state index contributed by atoms with van der Waals surface area (Å²) in [6, 6.07) is 13.5. The molecule has 134 valence electrons. The number of nitrogens with one attached hydrogen (secondary N) is 1. The second-order valence-electron chi connectivity index (χ2n) is 6.67. The van der Waals surface area contributed by atoms with E-state index < -0.39 is 0 Å². The van der Waals surface area contributed by atoms with Crippen molar-refractivity contribution < 1.29 is 10.2 Å². The van der Waals surface area contributed by atoms with Crippen molar-refractivity contribution in [3.63, 3.8) is 0 Å². The zero-order valence-corrected chi connectivity index (χ0v) is 15.6. The van der Waals surface area contributed by atoms with E-state index in [-0.39, 0.29) is 17.0 Å². The normalized spacial score (nSPS) is 20.2. The Kier molecular flexibility index (Phi) is 5.45. The maximum Gasteiger partial charge on any atom is 0.159 e. The molecule has 0 radical (unpaired) electrons. The van der Waals surface area contributed by atoms with E-state index in [1.807, 2.05) is 18.2 Å². The van der Waals surface area contributed by atoms with Crippen LogP contribution in [0.3, 0.4) is 0 Å². The van der Waals surface area contributed by atoms with E-state index in [9.17, 15) is 10.2 Å². The molecular weight excluding hydrogens is 332 g/mol. The van der Waals surface area contributed by atoms with Crippen LogP contribution in [-0.2, 0) is 0 Å². The summed E-state index contributed by atoms with van der Waals surface area (Å²) in [4.78, 5) is 3.17. The van der Waals surface area contributed by atoms with Gasteiger partial charge in [0.05, 0.1) is 10.6 Å². The van der Waals surface area contributed by atoms with Crippen LogP contribution in [0.5, 0.6) is 11.5 Å². The number of benzene rings is 2. The first-order chi connectivity index (χ1) is 12.1. The molecule has 5 heteroatoms. The van der Waals surface area contributed by atoms with E-state index in [4.69, 9.17) is 0 Å². The molecule has 4 nitrogen and oxygen atoms in total. The van der Waals surface area contributed by atoms with Crippen LogP contribution in [0.15, 0.2) is 47.4 Å². The smallest absolute Gasteiger partial charge is 0.159 e. The van der Waals surface area contributed by atoms with Gasteiger partial charge in [-0.05, 0) is 36.9 Å². The Bertz CT molecular complexity index is 723. The van der Waals surface area contributed by atoms with Gasteiger partial charge in [-0.25, -0.2) is 0 Å². The fourth-order valence-electron chi connectivity index (χ4n) is 3.27. The molecule has 0 aliphatic carbocycles. The molecular formula is C20H26N2O2S. The number of aromatic hydroxyl groups is 2. The van der Waals surface area contributed by atoms with Crippen molar-refractivity contribution in [1.29, 1.82) is 0 Å². The fourth-order valence-corrected chi connectivity index (χ4v) is 4.35. The first kappa shape index (κ1) is 18.0. The highest BCUT2D eigenvalue weighted by atomic mass is 32.2. The van der Waals surface area contributed by atoms with Crippen molar-refractivity contribution in [2.45, 2.75) is 50.0 Å². The molecule has 1 atom stereocenters. The van der Waals surface area contributed by atoms with Crippen molar-refractivity contribution in [1.82, 2.24) is 4.72 Å². The minimum atomic E-state index is -0.0853. The second-order valence-corrected chi connectivity index (χ2v) is 7.52. The number of phenolic OH excluding ortho intramolecular Hbond substituents is 2. The topological polar surface area (TPSA) is 55.7 Å². The molecule has 25 heavy (non-hydrogen) atoms. The van der Waals surface area contributed by atoms with Crippen molar-refractivity contribution in [3.05, 3.63) is 42.5 Å². The molecule has 0 unspecified atom stereocenters. The Labute approximate surface area is 154 Å². The number of anilines is 2. The molecule has 0 fully saturated rings. The van der Waals surface area contributed by atoms with E-state index in [0.717, 1.165) is 48.5 Å². The average Bonchev–Trinajstić information content (AvgIpc) is 2.79. The molecule has 1 aliphatic rings. The lowest BCUT2D eigenvalue weighted by Gasteiger charge is -2.37. The van der Waals surface area contributed by atoms with Crippen LogP contribution in [0.25, 0.3) is 0 Å². The number of hydrogen-bond acceptors (Lipinski definition) is 5. The molecule has 1 aliphatic heterocycles. The van der Waals surface area contributed by atoms with Gasteiger partial charge >= 0.3 is 0 Å². The van der Waals surface area contributed by atoms with E-state index in [0.29, 0.717) is 0 Å². The number of unbranched alkanes of at least 4 members (excludes halogenated alkanes) is 1. The lowest BCUT2D eigenvalue weighted by Crippen LogP contribution is -2.48. The summed E-state index contributed by atoms with van der Waals surface area (Å²) >= 11 is 1.55. The third-order valence-corrected chi connectivity index (χ3v) is 6.02. The minimum Gasteiger partial charge on any atom is -0.504 e. The zero-order valence-electron chi connectivity index (χ0n) is 14.8. The van der Waals surface area contributed by atoms with Crippen LogP contribution >= 0.6 is 11.9 Å². The van der Waals surface area contributed by atoms with E-state index in [2.05, 4.69) is 35.6 Å². The molecule has 3 rings (SSSR count). The summed E-state index contributed by atoms with van der Waals surface area (Å²) in [7, 11) is 0. The van der Waals surface area contributed by atoms with Crippen LogP contribution in [0.4, 0.5) is 11.4 Å². The molecule has 2 aromatic carbocycles. The summed E-state index contributed by atoms with van der Waals surface area (Å²) < 4.78 is 3.66. The molecule has 1 heterocycles. The lowest BCUT2D eigenvalue weighted by atomic mass is 9.89. The van der Waals surface area contributed by atoms with Crippen molar-refractivity contribution in [2.75, 3.05) is 11.4 Å². The summed E-state index contributed by atoms with van der Waals surface area (Å²) in [5, 5.41) is 20.0. The summed E-state index contributed by atoms with van der Waals surface area (Å²) in [6.07, 6.45) is 4.42. The van der Waals surface area contributed by atoms with E-state index >= 15 is 0 Å². The molecule has 2 aromatic rings. The summed E-state index contributed by atoms with van der Waals surface area (Å²) in [5.74, 6) is -0.170. The SMILES string of the molecule is CCCC[C@@]1(CC)CN(c2ccccc2)c2cc(O)c(O)cc2SN1. The Balaban J connectivity index is 2.08. The predicted octanol–water partition coefficient (Wildman–Crippen LogP) is 5.19. The van der Waals surface area contributed by atoms with Crippen LogP contribution in [-0.4, -0.2) is 22.3 Å². The lowest BCUT2D eigenvalue weighted by molar-refractivity contribution is 0.351. The van der Waals surface area contributed by atoms with Crippen molar-refractivity contribution in [2.24, 2.45) is 0 Å². The Morgan fingerprint density at radius 1 is 1.12 bits per heavy atom. The van der Waals surface area contributed by atoms with Crippen LogP contribution in [0.1, 0.15) is 39.5 Å². The van der Waals surface area contributed by atoms with Gasteiger partial charge in [0.2, 0.25) is 0 Å². The fraction of sp³-hybridized carbons (Fsp3) is 0.400. The van der Waals surface area contributed by atoms with E-state index in [1.54, 1.807) is 24.1 Å². The van der Waals surface area contributed by atoms with E-state index in [1.165, 1.54) is 0 Å².